The van der Waals surface area contributed by atoms with Crippen LogP contribution in [0, 0.1) is 6.92 Å². The van der Waals surface area contributed by atoms with Crippen molar-refractivity contribution in [3.05, 3.63) is 29.7 Å². The highest BCUT2D eigenvalue weighted by Crippen LogP contribution is 2.13. The number of ether oxygens (including phenoxy) is 1. The van der Waals surface area contributed by atoms with Crippen LogP contribution in [0.4, 0.5) is 4.79 Å². The van der Waals surface area contributed by atoms with Gasteiger partial charge < -0.3 is 15.0 Å². The van der Waals surface area contributed by atoms with Crippen LogP contribution >= 0.6 is 0 Å². The summed E-state index contributed by atoms with van der Waals surface area (Å²) in [6.45, 7) is 5.18. The summed E-state index contributed by atoms with van der Waals surface area (Å²) in [5.41, 5.74) is 1.92. The molecule has 1 N–H and O–H groups in total. The van der Waals surface area contributed by atoms with Gasteiger partial charge in [-0.3, -0.25) is 4.79 Å². The molecule has 8 heteroatoms. The number of likely N-dealkylation sites (tertiary alicyclic amines) is 1. The Bertz CT molecular complexity index is 749. The van der Waals surface area contributed by atoms with E-state index in [1.807, 2.05) is 13.0 Å². The molecule has 0 radical (unpaired) electrons. The summed E-state index contributed by atoms with van der Waals surface area (Å²) in [6, 6.07) is 3.51. The van der Waals surface area contributed by atoms with Crippen molar-refractivity contribution in [2.24, 2.45) is 0 Å². The van der Waals surface area contributed by atoms with E-state index < -0.39 is 0 Å². The molecule has 1 aliphatic heterocycles. The molecule has 3 rings (SSSR count). The first kappa shape index (κ1) is 16.2. The summed E-state index contributed by atoms with van der Waals surface area (Å²) < 4.78 is 6.55. The molecule has 0 bridgehead atoms. The van der Waals surface area contributed by atoms with Crippen molar-refractivity contribution < 1.29 is 14.3 Å². The molecule has 0 aromatic carbocycles. The molecule has 0 atom stereocenters. The van der Waals surface area contributed by atoms with Crippen molar-refractivity contribution in [1.29, 1.82) is 0 Å². The van der Waals surface area contributed by atoms with Gasteiger partial charge in [-0.05, 0) is 32.8 Å². The van der Waals surface area contributed by atoms with Crippen LogP contribution in [0.5, 0.6) is 0 Å². The van der Waals surface area contributed by atoms with Crippen LogP contribution in [0.1, 0.15) is 35.9 Å². The first-order chi connectivity index (χ1) is 11.6. The highest BCUT2D eigenvalue weighted by Gasteiger charge is 2.25. The van der Waals surface area contributed by atoms with Crippen LogP contribution in [-0.4, -0.2) is 57.2 Å². The summed E-state index contributed by atoms with van der Waals surface area (Å²) in [5, 5.41) is 7.33. The Balaban J connectivity index is 1.62. The lowest BCUT2D eigenvalue weighted by Gasteiger charge is -2.31. The minimum atomic E-state index is -0.287. The quantitative estimate of drug-likeness (QED) is 0.918. The Kier molecular flexibility index (Phi) is 4.64. The fourth-order valence-electron chi connectivity index (χ4n) is 2.86. The molecule has 2 aromatic heterocycles. The van der Waals surface area contributed by atoms with Gasteiger partial charge >= 0.3 is 6.09 Å². The van der Waals surface area contributed by atoms with Crippen LogP contribution in [0.25, 0.3) is 5.65 Å². The normalized spacial score (nSPS) is 15.5. The smallest absolute Gasteiger partial charge is 0.409 e. The predicted molar refractivity (Wildman–Crippen MR) is 86.8 cm³/mol. The Morgan fingerprint density at radius 1 is 1.38 bits per heavy atom. The zero-order chi connectivity index (χ0) is 17.1. The van der Waals surface area contributed by atoms with E-state index in [1.165, 1.54) is 0 Å². The van der Waals surface area contributed by atoms with Crippen LogP contribution < -0.4 is 5.32 Å². The number of aryl methyl sites for hydroxylation is 1. The Morgan fingerprint density at radius 2 is 2.12 bits per heavy atom. The summed E-state index contributed by atoms with van der Waals surface area (Å²) >= 11 is 0. The average Bonchev–Trinajstić information content (AvgIpc) is 2.95. The minimum absolute atomic E-state index is 0.0306. The monoisotopic (exact) mass is 331 g/mol. The van der Waals surface area contributed by atoms with Crippen LogP contribution in [0.15, 0.2) is 18.3 Å². The van der Waals surface area contributed by atoms with Crippen molar-refractivity contribution in [2.75, 3.05) is 19.7 Å². The molecule has 0 saturated carbocycles. The lowest BCUT2D eigenvalue weighted by Crippen LogP contribution is -2.47. The largest absolute Gasteiger partial charge is 0.450 e. The molecule has 3 heterocycles. The van der Waals surface area contributed by atoms with Gasteiger partial charge in [0.25, 0.3) is 5.91 Å². The van der Waals surface area contributed by atoms with E-state index in [2.05, 4.69) is 15.4 Å². The molecule has 0 spiro atoms. The molecule has 128 valence electrons. The van der Waals surface area contributed by atoms with Crippen molar-refractivity contribution in [1.82, 2.24) is 24.8 Å². The molecular weight excluding hydrogens is 310 g/mol. The summed E-state index contributed by atoms with van der Waals surface area (Å²) in [7, 11) is 0. The van der Waals surface area contributed by atoms with Gasteiger partial charge in [-0.1, -0.05) is 0 Å². The highest BCUT2D eigenvalue weighted by molar-refractivity contribution is 5.93. The van der Waals surface area contributed by atoms with Gasteiger partial charge in [-0.15, -0.1) is 0 Å². The zero-order valence-corrected chi connectivity index (χ0v) is 13.9. The molecule has 1 saturated heterocycles. The number of fused-ring (bicyclic) bond motifs is 1. The van der Waals surface area contributed by atoms with Gasteiger partial charge in [0.2, 0.25) is 0 Å². The van der Waals surface area contributed by atoms with Crippen LogP contribution in [-0.2, 0) is 4.74 Å². The van der Waals surface area contributed by atoms with Gasteiger partial charge in [-0.25, -0.2) is 14.3 Å². The molecule has 8 nitrogen and oxygen atoms in total. The van der Waals surface area contributed by atoms with E-state index >= 15 is 0 Å². The lowest BCUT2D eigenvalue weighted by molar-refractivity contribution is 0.0855. The molecular formula is C16H21N5O3. The maximum Gasteiger partial charge on any atom is 0.409 e. The van der Waals surface area contributed by atoms with Crippen molar-refractivity contribution in [3.63, 3.8) is 0 Å². The molecule has 24 heavy (non-hydrogen) atoms. The number of hydrogen-bond acceptors (Lipinski definition) is 5. The highest BCUT2D eigenvalue weighted by atomic mass is 16.6. The van der Waals surface area contributed by atoms with Crippen LogP contribution in [0.3, 0.4) is 0 Å². The second kappa shape index (κ2) is 6.86. The molecule has 1 fully saturated rings. The number of nitrogens with zero attached hydrogens (tertiary/aromatic N) is 4. The Morgan fingerprint density at radius 3 is 2.83 bits per heavy atom. The Hall–Kier alpha value is -2.64. The molecule has 1 aliphatic rings. The lowest BCUT2D eigenvalue weighted by atomic mass is 10.1. The van der Waals surface area contributed by atoms with E-state index in [0.29, 0.717) is 43.9 Å². The van der Waals surface area contributed by atoms with Crippen molar-refractivity contribution >= 4 is 17.6 Å². The third-order valence-electron chi connectivity index (χ3n) is 4.07. The van der Waals surface area contributed by atoms with Crippen LogP contribution in [0.2, 0.25) is 0 Å². The van der Waals surface area contributed by atoms with E-state index in [0.717, 1.165) is 5.69 Å². The predicted octanol–water partition coefficient (Wildman–Crippen LogP) is 1.39. The van der Waals surface area contributed by atoms with E-state index in [1.54, 1.807) is 28.6 Å². The standard InChI is InChI=1S/C16H21N5O3/c1-3-24-16(23)20-8-5-12(6-9-20)18-15(22)13-4-7-17-14-10-11(2)19-21(13)14/h4,7,10,12H,3,5-6,8-9H2,1-2H3,(H,18,22). The SMILES string of the molecule is CCOC(=O)N1CCC(NC(=O)c2ccnc3cc(C)nn23)CC1. The van der Waals surface area contributed by atoms with Gasteiger partial charge in [0, 0.05) is 31.4 Å². The molecule has 2 aromatic rings. The fourth-order valence-corrected chi connectivity index (χ4v) is 2.86. The van der Waals surface area contributed by atoms with E-state index in [4.69, 9.17) is 4.74 Å². The number of rotatable bonds is 3. The zero-order valence-electron chi connectivity index (χ0n) is 13.9. The summed E-state index contributed by atoms with van der Waals surface area (Å²) in [6.07, 6.45) is 2.73. The number of amides is 2. The van der Waals surface area contributed by atoms with Crippen molar-refractivity contribution in [3.8, 4) is 0 Å². The topological polar surface area (TPSA) is 88.8 Å². The summed E-state index contributed by atoms with van der Waals surface area (Å²) in [4.78, 5) is 30.1. The minimum Gasteiger partial charge on any atom is -0.450 e. The van der Waals surface area contributed by atoms with Gasteiger partial charge in [0.15, 0.2) is 5.65 Å². The van der Waals surface area contributed by atoms with Gasteiger partial charge in [0.1, 0.15) is 5.69 Å². The molecule has 0 aliphatic carbocycles. The van der Waals surface area contributed by atoms with Gasteiger partial charge in [0.05, 0.1) is 12.3 Å². The maximum absolute atomic E-state index is 12.5. The number of piperidine rings is 1. The Labute approximate surface area is 139 Å². The van der Waals surface area contributed by atoms with Crippen molar-refractivity contribution in [2.45, 2.75) is 32.7 Å². The third-order valence-corrected chi connectivity index (χ3v) is 4.07. The summed E-state index contributed by atoms with van der Waals surface area (Å²) in [5.74, 6) is -0.180. The fraction of sp³-hybridized carbons (Fsp3) is 0.500. The number of hydrogen-bond donors (Lipinski definition) is 1. The average molecular weight is 331 g/mol. The second-order valence-corrected chi connectivity index (χ2v) is 5.82. The number of carbonyl (C=O) groups is 2. The van der Waals surface area contributed by atoms with E-state index in [-0.39, 0.29) is 18.0 Å². The number of nitrogens with one attached hydrogen (secondary N) is 1. The molecule has 2 amide bonds. The number of aromatic nitrogens is 3. The molecule has 0 unspecified atom stereocenters. The first-order valence-electron chi connectivity index (χ1n) is 8.12. The number of carbonyl (C=O) groups excluding carboxylic acids is 2. The first-order valence-corrected chi connectivity index (χ1v) is 8.12. The third kappa shape index (κ3) is 3.32. The van der Waals surface area contributed by atoms with E-state index in [9.17, 15) is 9.59 Å². The second-order valence-electron chi connectivity index (χ2n) is 5.82. The van der Waals surface area contributed by atoms with Gasteiger partial charge in [-0.2, -0.15) is 5.10 Å². The maximum atomic E-state index is 12.5.